The molecule has 6 nitrogen and oxygen atoms in total. The summed E-state index contributed by atoms with van der Waals surface area (Å²) in [5.74, 6) is -0.769. The molecule has 0 saturated carbocycles. The number of benzene rings is 1. The van der Waals surface area contributed by atoms with E-state index in [4.69, 9.17) is 0 Å². The Morgan fingerprint density at radius 1 is 1.19 bits per heavy atom. The number of halogens is 2. The van der Waals surface area contributed by atoms with Crippen molar-refractivity contribution in [2.75, 3.05) is 26.2 Å². The minimum Gasteiger partial charge on any atom is -0.337 e. The van der Waals surface area contributed by atoms with Crippen LogP contribution in [0.1, 0.15) is 26.7 Å². The number of nitrogens with zero attached hydrogens (tertiary/aromatic N) is 2. The molecule has 2 saturated heterocycles. The first-order valence-electron chi connectivity index (χ1n) is 9.10. The predicted octanol–water partition coefficient (Wildman–Crippen LogP) is 1.86. The number of hydrogen-bond acceptors (Lipinski definition) is 4. The summed E-state index contributed by atoms with van der Waals surface area (Å²) in [6.07, 6.45) is 1.34. The van der Waals surface area contributed by atoms with Crippen molar-refractivity contribution in [3.05, 3.63) is 30.1 Å². The van der Waals surface area contributed by atoms with Gasteiger partial charge in [0.2, 0.25) is 15.9 Å². The van der Waals surface area contributed by atoms with Crippen molar-refractivity contribution in [1.82, 2.24) is 14.5 Å². The number of sulfonamides is 1. The van der Waals surface area contributed by atoms with Crippen LogP contribution in [-0.4, -0.2) is 61.8 Å². The van der Waals surface area contributed by atoms with Gasteiger partial charge >= 0.3 is 0 Å². The molecule has 0 radical (unpaired) electrons. The van der Waals surface area contributed by atoms with Crippen molar-refractivity contribution < 1.29 is 17.6 Å². The fourth-order valence-corrected chi connectivity index (χ4v) is 5.24. The van der Waals surface area contributed by atoms with E-state index < -0.39 is 15.8 Å². The van der Waals surface area contributed by atoms with Crippen LogP contribution in [-0.2, 0) is 14.8 Å². The quantitative estimate of drug-likeness (QED) is 0.811. The monoisotopic (exact) mass is 419 g/mol. The van der Waals surface area contributed by atoms with Crippen LogP contribution >= 0.6 is 12.4 Å². The summed E-state index contributed by atoms with van der Waals surface area (Å²) < 4.78 is 40.1. The molecule has 1 aromatic carbocycles. The second-order valence-electron chi connectivity index (χ2n) is 7.17. The summed E-state index contributed by atoms with van der Waals surface area (Å²) in [5.41, 5.74) is 0. The highest BCUT2D eigenvalue weighted by atomic mass is 35.5. The van der Waals surface area contributed by atoms with Crippen LogP contribution in [0.2, 0.25) is 0 Å². The van der Waals surface area contributed by atoms with E-state index in [2.05, 4.69) is 12.2 Å². The van der Waals surface area contributed by atoms with Crippen molar-refractivity contribution in [2.24, 2.45) is 5.92 Å². The Balaban J connectivity index is 0.00000261. The van der Waals surface area contributed by atoms with E-state index in [-0.39, 0.29) is 47.8 Å². The molecule has 3 unspecified atom stereocenters. The van der Waals surface area contributed by atoms with Gasteiger partial charge in [-0.15, -0.1) is 12.4 Å². The Kier molecular flexibility index (Phi) is 7.24. The summed E-state index contributed by atoms with van der Waals surface area (Å²) in [6.45, 7) is 6.04. The molecule has 3 rings (SSSR count). The van der Waals surface area contributed by atoms with E-state index in [0.717, 1.165) is 18.7 Å². The van der Waals surface area contributed by atoms with E-state index in [1.54, 1.807) is 0 Å². The zero-order chi connectivity index (χ0) is 18.9. The van der Waals surface area contributed by atoms with E-state index in [1.165, 1.54) is 16.4 Å². The zero-order valence-electron chi connectivity index (χ0n) is 15.6. The second kappa shape index (κ2) is 8.86. The van der Waals surface area contributed by atoms with Gasteiger partial charge in [0, 0.05) is 38.3 Å². The van der Waals surface area contributed by atoms with E-state index >= 15 is 0 Å². The van der Waals surface area contributed by atoms with Gasteiger partial charge in [0.05, 0.1) is 10.8 Å². The van der Waals surface area contributed by atoms with Gasteiger partial charge in [0.15, 0.2) is 0 Å². The number of hydrogen-bond donors (Lipinski definition) is 1. The van der Waals surface area contributed by atoms with Crippen molar-refractivity contribution in [1.29, 1.82) is 0 Å². The molecule has 2 aliphatic heterocycles. The largest absolute Gasteiger partial charge is 0.337 e. The molecule has 0 spiro atoms. The SMILES string of the molecule is CC1NCCN(C(=O)C2CCCN(S(=O)(=O)c3ccc(F)cc3)C2)C1C.Cl. The standard InChI is InChI=1S/C18H26FN3O3S.ClH/c1-13-14(2)22(11-9-20-13)18(23)15-4-3-10-21(12-15)26(24,25)17-7-5-16(19)6-8-17;/h5-8,13-15,20H,3-4,9-12H2,1-2H3;1H. The van der Waals surface area contributed by atoms with Crippen LogP contribution in [0.3, 0.4) is 0 Å². The van der Waals surface area contributed by atoms with E-state index in [9.17, 15) is 17.6 Å². The van der Waals surface area contributed by atoms with Gasteiger partial charge in [-0.2, -0.15) is 4.31 Å². The van der Waals surface area contributed by atoms with Gasteiger partial charge in [0.1, 0.15) is 5.82 Å². The fourth-order valence-electron chi connectivity index (χ4n) is 3.72. The third-order valence-electron chi connectivity index (χ3n) is 5.50. The minimum absolute atomic E-state index is 0. The first-order valence-corrected chi connectivity index (χ1v) is 10.5. The normalized spacial score (nSPS) is 27.1. The van der Waals surface area contributed by atoms with Gasteiger partial charge in [-0.3, -0.25) is 4.79 Å². The highest BCUT2D eigenvalue weighted by Crippen LogP contribution is 2.26. The summed E-state index contributed by atoms with van der Waals surface area (Å²) in [5, 5.41) is 3.35. The number of piperidine rings is 1. The predicted molar refractivity (Wildman–Crippen MR) is 104 cm³/mol. The lowest BCUT2D eigenvalue weighted by Gasteiger charge is -2.42. The van der Waals surface area contributed by atoms with Crippen LogP contribution in [0.15, 0.2) is 29.2 Å². The molecule has 3 atom stereocenters. The van der Waals surface area contributed by atoms with Crippen molar-refractivity contribution in [3.8, 4) is 0 Å². The average molecular weight is 420 g/mol. The Morgan fingerprint density at radius 3 is 2.52 bits per heavy atom. The van der Waals surface area contributed by atoms with Gasteiger partial charge in [-0.05, 0) is 51.0 Å². The molecule has 2 fully saturated rings. The fraction of sp³-hybridized carbons (Fsp3) is 0.611. The minimum atomic E-state index is -3.72. The lowest BCUT2D eigenvalue weighted by Crippen LogP contribution is -2.59. The van der Waals surface area contributed by atoms with Crippen LogP contribution in [0.25, 0.3) is 0 Å². The molecule has 2 aliphatic rings. The average Bonchev–Trinajstić information content (AvgIpc) is 2.64. The van der Waals surface area contributed by atoms with Crippen LogP contribution in [0.4, 0.5) is 4.39 Å². The molecule has 2 heterocycles. The molecular formula is C18H27ClFN3O3S. The molecule has 0 aromatic heterocycles. The van der Waals surface area contributed by atoms with Gasteiger partial charge in [-0.25, -0.2) is 12.8 Å². The van der Waals surface area contributed by atoms with Crippen LogP contribution in [0.5, 0.6) is 0 Å². The molecule has 1 amide bonds. The van der Waals surface area contributed by atoms with E-state index in [1.807, 2.05) is 11.8 Å². The number of amides is 1. The number of carbonyl (C=O) groups excluding carboxylic acids is 1. The summed E-state index contributed by atoms with van der Waals surface area (Å²) in [6, 6.07) is 5.13. The molecule has 1 N–H and O–H groups in total. The summed E-state index contributed by atoms with van der Waals surface area (Å²) in [7, 11) is -3.72. The Morgan fingerprint density at radius 2 is 1.85 bits per heavy atom. The highest BCUT2D eigenvalue weighted by molar-refractivity contribution is 7.89. The lowest BCUT2D eigenvalue weighted by atomic mass is 9.96. The van der Waals surface area contributed by atoms with Gasteiger partial charge in [0.25, 0.3) is 0 Å². The van der Waals surface area contributed by atoms with Crippen molar-refractivity contribution in [2.45, 2.75) is 43.7 Å². The maximum absolute atomic E-state index is 13.1. The summed E-state index contributed by atoms with van der Waals surface area (Å²) in [4.78, 5) is 14.9. The smallest absolute Gasteiger partial charge is 0.243 e. The highest BCUT2D eigenvalue weighted by Gasteiger charge is 2.37. The van der Waals surface area contributed by atoms with Crippen molar-refractivity contribution >= 4 is 28.3 Å². The molecule has 1 aromatic rings. The van der Waals surface area contributed by atoms with Crippen LogP contribution in [0, 0.1) is 11.7 Å². The second-order valence-corrected chi connectivity index (χ2v) is 9.11. The first-order chi connectivity index (χ1) is 12.3. The van der Waals surface area contributed by atoms with Gasteiger partial charge < -0.3 is 10.2 Å². The number of piperazine rings is 1. The molecule has 9 heteroatoms. The van der Waals surface area contributed by atoms with Gasteiger partial charge in [-0.1, -0.05) is 0 Å². The van der Waals surface area contributed by atoms with Crippen LogP contribution < -0.4 is 5.32 Å². The molecule has 27 heavy (non-hydrogen) atoms. The van der Waals surface area contributed by atoms with E-state index in [0.29, 0.717) is 25.9 Å². The first kappa shape index (κ1) is 22.1. The number of rotatable bonds is 3. The summed E-state index contributed by atoms with van der Waals surface area (Å²) >= 11 is 0. The number of nitrogens with one attached hydrogen (secondary N) is 1. The third-order valence-corrected chi connectivity index (χ3v) is 7.38. The molecule has 152 valence electrons. The van der Waals surface area contributed by atoms with Crippen molar-refractivity contribution in [3.63, 3.8) is 0 Å². The Labute approximate surface area is 166 Å². The maximum atomic E-state index is 13.1. The Bertz CT molecular complexity index is 760. The zero-order valence-corrected chi connectivity index (χ0v) is 17.2. The maximum Gasteiger partial charge on any atom is 0.243 e. The third kappa shape index (κ3) is 4.62. The molecule has 0 bridgehead atoms. The molecular weight excluding hydrogens is 393 g/mol. The Hall–Kier alpha value is -1.22. The molecule has 0 aliphatic carbocycles. The lowest BCUT2D eigenvalue weighted by molar-refractivity contribution is -0.140. The number of carbonyl (C=O) groups is 1. The topological polar surface area (TPSA) is 69.7 Å².